The maximum Gasteiger partial charge on any atom is 0.272 e. The van der Waals surface area contributed by atoms with E-state index in [1.807, 2.05) is 98.8 Å². The summed E-state index contributed by atoms with van der Waals surface area (Å²) in [5, 5.41) is 8.69. The summed E-state index contributed by atoms with van der Waals surface area (Å²) >= 11 is 7.68. The van der Waals surface area contributed by atoms with Gasteiger partial charge in [0.2, 0.25) is 5.91 Å². The number of carbonyl (C=O) groups is 3. The van der Waals surface area contributed by atoms with Crippen molar-refractivity contribution >= 4 is 58.5 Å². The summed E-state index contributed by atoms with van der Waals surface area (Å²) < 4.78 is 0. The van der Waals surface area contributed by atoms with Crippen LogP contribution in [0.4, 0.5) is 11.4 Å². The Labute approximate surface area is 277 Å². The summed E-state index contributed by atoms with van der Waals surface area (Å²) in [6, 6.07) is 38.6. The zero-order chi connectivity index (χ0) is 32.5. The molecule has 8 heteroatoms. The molecule has 0 saturated heterocycles. The highest BCUT2D eigenvalue weighted by atomic mass is 35.5. The van der Waals surface area contributed by atoms with E-state index in [-0.39, 0.29) is 17.5 Å². The van der Waals surface area contributed by atoms with Gasteiger partial charge in [0.05, 0.1) is 0 Å². The molecule has 0 saturated carbocycles. The predicted octanol–water partition coefficient (Wildman–Crippen LogP) is 8.84. The number of hydrogen-bond acceptors (Lipinski definition) is 4. The third-order valence-electron chi connectivity index (χ3n) is 7.16. The molecule has 0 aliphatic rings. The van der Waals surface area contributed by atoms with E-state index in [2.05, 4.69) is 16.0 Å². The third-order valence-corrected chi connectivity index (χ3v) is 8.84. The van der Waals surface area contributed by atoms with Gasteiger partial charge in [-0.2, -0.15) is 0 Å². The zero-order valence-electron chi connectivity index (χ0n) is 25.3. The Hall–Kier alpha value is -5.11. The molecule has 0 aliphatic heterocycles. The lowest BCUT2D eigenvalue weighted by molar-refractivity contribution is -0.116. The molecular weight excluding hydrogens is 614 g/mol. The highest BCUT2D eigenvalue weighted by Crippen LogP contribution is 2.37. The number of anilines is 2. The fraction of sp³-hybridized carbons (Fsp3) is 0.0789. The van der Waals surface area contributed by atoms with Crippen LogP contribution < -0.4 is 16.0 Å². The van der Waals surface area contributed by atoms with Crippen LogP contribution in [0.15, 0.2) is 138 Å². The van der Waals surface area contributed by atoms with E-state index in [1.54, 1.807) is 48.5 Å². The number of amides is 3. The Morgan fingerprint density at radius 3 is 2.00 bits per heavy atom. The van der Waals surface area contributed by atoms with Crippen molar-refractivity contribution in [3.8, 4) is 0 Å². The number of hydrogen-bond donors (Lipinski definition) is 3. The molecule has 5 aromatic carbocycles. The molecule has 0 radical (unpaired) electrons. The minimum Gasteiger partial charge on any atom is -0.325 e. The molecule has 5 rings (SSSR count). The lowest BCUT2D eigenvalue weighted by Crippen LogP contribution is -2.30. The predicted molar refractivity (Wildman–Crippen MR) is 188 cm³/mol. The van der Waals surface area contributed by atoms with Crippen molar-refractivity contribution in [2.45, 2.75) is 24.0 Å². The van der Waals surface area contributed by atoms with Crippen LogP contribution in [0.5, 0.6) is 0 Å². The highest BCUT2D eigenvalue weighted by molar-refractivity contribution is 8.00. The molecule has 46 heavy (non-hydrogen) atoms. The van der Waals surface area contributed by atoms with E-state index in [9.17, 15) is 14.4 Å². The Bertz CT molecular complexity index is 1880. The number of benzene rings is 5. The van der Waals surface area contributed by atoms with E-state index in [0.717, 1.165) is 27.1 Å². The summed E-state index contributed by atoms with van der Waals surface area (Å²) in [7, 11) is 0. The van der Waals surface area contributed by atoms with E-state index < -0.39 is 11.2 Å². The molecule has 5 aromatic rings. The second-order valence-electron chi connectivity index (χ2n) is 10.6. The van der Waals surface area contributed by atoms with Gasteiger partial charge in [0.1, 0.15) is 10.9 Å². The smallest absolute Gasteiger partial charge is 0.272 e. The van der Waals surface area contributed by atoms with Crippen molar-refractivity contribution in [3.05, 3.63) is 166 Å². The SMILES string of the molecule is Cc1ccc(NC(=O)C(Sc2ccc(NC(=O)/C(=C/c3ccccc3C)NC(=O)c3ccccc3)cc2)c2ccccc2)cc1Cl. The van der Waals surface area contributed by atoms with Gasteiger partial charge in [0, 0.05) is 26.9 Å². The van der Waals surface area contributed by atoms with E-state index in [4.69, 9.17) is 11.6 Å². The van der Waals surface area contributed by atoms with Crippen LogP contribution in [-0.4, -0.2) is 17.7 Å². The maximum absolute atomic E-state index is 13.5. The number of thioether (sulfide) groups is 1. The molecule has 0 spiro atoms. The maximum atomic E-state index is 13.5. The first kappa shape index (κ1) is 32.3. The Morgan fingerprint density at radius 2 is 1.33 bits per heavy atom. The summed E-state index contributed by atoms with van der Waals surface area (Å²) in [5.41, 5.74) is 5.26. The molecule has 0 aromatic heterocycles. The van der Waals surface area contributed by atoms with Gasteiger partial charge in [-0.05, 0) is 90.7 Å². The molecule has 3 amide bonds. The first-order valence-electron chi connectivity index (χ1n) is 14.6. The van der Waals surface area contributed by atoms with Gasteiger partial charge in [-0.3, -0.25) is 14.4 Å². The van der Waals surface area contributed by atoms with Crippen LogP contribution in [0.1, 0.15) is 37.9 Å². The molecule has 6 nitrogen and oxygen atoms in total. The fourth-order valence-electron chi connectivity index (χ4n) is 4.58. The molecule has 1 atom stereocenters. The number of aryl methyl sites for hydroxylation is 2. The van der Waals surface area contributed by atoms with Gasteiger partial charge >= 0.3 is 0 Å². The number of rotatable bonds is 10. The van der Waals surface area contributed by atoms with Gasteiger partial charge in [0.25, 0.3) is 11.8 Å². The quantitative estimate of drug-likeness (QED) is 0.105. The van der Waals surface area contributed by atoms with Crippen LogP contribution in [0.25, 0.3) is 6.08 Å². The Kier molecular flexibility index (Phi) is 10.7. The topological polar surface area (TPSA) is 87.3 Å². The fourth-order valence-corrected chi connectivity index (χ4v) is 5.78. The second kappa shape index (κ2) is 15.3. The monoisotopic (exact) mass is 645 g/mol. The minimum atomic E-state index is -0.543. The number of carbonyl (C=O) groups excluding carboxylic acids is 3. The first-order valence-corrected chi connectivity index (χ1v) is 15.9. The molecular formula is C38H32ClN3O3S. The first-order chi connectivity index (χ1) is 22.3. The number of nitrogens with one attached hydrogen (secondary N) is 3. The van der Waals surface area contributed by atoms with Crippen LogP contribution in [-0.2, 0) is 9.59 Å². The van der Waals surface area contributed by atoms with Gasteiger partial charge in [-0.15, -0.1) is 11.8 Å². The van der Waals surface area contributed by atoms with Crippen molar-refractivity contribution in [2.24, 2.45) is 0 Å². The largest absolute Gasteiger partial charge is 0.325 e. The zero-order valence-corrected chi connectivity index (χ0v) is 26.9. The van der Waals surface area contributed by atoms with E-state index in [0.29, 0.717) is 22.0 Å². The number of halogens is 1. The minimum absolute atomic E-state index is 0.110. The summed E-state index contributed by atoms with van der Waals surface area (Å²) in [6.45, 7) is 3.85. The third kappa shape index (κ3) is 8.53. The van der Waals surface area contributed by atoms with Crippen LogP contribution in [0.3, 0.4) is 0 Å². The summed E-state index contributed by atoms with van der Waals surface area (Å²) in [6.07, 6.45) is 1.67. The van der Waals surface area contributed by atoms with Gasteiger partial charge in [0.15, 0.2) is 0 Å². The van der Waals surface area contributed by atoms with Crippen molar-refractivity contribution in [1.29, 1.82) is 0 Å². The van der Waals surface area contributed by atoms with Crippen molar-refractivity contribution in [1.82, 2.24) is 5.32 Å². The Balaban J connectivity index is 1.33. The molecule has 0 heterocycles. The van der Waals surface area contributed by atoms with E-state index >= 15 is 0 Å². The average molecular weight is 646 g/mol. The summed E-state index contributed by atoms with van der Waals surface area (Å²) in [4.78, 5) is 40.8. The van der Waals surface area contributed by atoms with Gasteiger partial charge < -0.3 is 16.0 Å². The summed E-state index contributed by atoms with van der Waals surface area (Å²) in [5.74, 6) is -1.04. The molecule has 0 bridgehead atoms. The molecule has 0 fully saturated rings. The molecule has 1 unspecified atom stereocenters. The van der Waals surface area contributed by atoms with Crippen LogP contribution >= 0.6 is 23.4 Å². The lowest BCUT2D eigenvalue weighted by Gasteiger charge is -2.18. The molecule has 230 valence electrons. The van der Waals surface area contributed by atoms with Crippen molar-refractivity contribution in [3.63, 3.8) is 0 Å². The van der Waals surface area contributed by atoms with Crippen LogP contribution in [0.2, 0.25) is 5.02 Å². The van der Waals surface area contributed by atoms with Gasteiger partial charge in [-0.1, -0.05) is 90.5 Å². The second-order valence-corrected chi connectivity index (χ2v) is 12.2. The average Bonchev–Trinajstić information content (AvgIpc) is 3.07. The van der Waals surface area contributed by atoms with Crippen molar-refractivity contribution < 1.29 is 14.4 Å². The lowest BCUT2D eigenvalue weighted by atomic mass is 10.1. The Morgan fingerprint density at radius 1 is 0.696 bits per heavy atom. The molecule has 3 N–H and O–H groups in total. The van der Waals surface area contributed by atoms with Crippen molar-refractivity contribution in [2.75, 3.05) is 10.6 Å². The highest BCUT2D eigenvalue weighted by Gasteiger charge is 2.23. The molecule has 0 aliphatic carbocycles. The standard InChI is InChI=1S/C38H32ClN3O3S/c1-25-11-9-10-16-29(25)23-34(42-36(43)28-14-7-4-8-15-28)37(44)40-30-19-21-32(22-20-30)46-35(27-12-5-3-6-13-27)38(45)41-31-18-17-26(2)33(39)24-31/h3-24,35H,1-2H3,(H,40,44)(H,41,45)(H,42,43)/b34-23-. The van der Waals surface area contributed by atoms with Gasteiger partial charge in [-0.25, -0.2) is 0 Å². The van der Waals surface area contributed by atoms with E-state index in [1.165, 1.54) is 11.8 Å². The normalized spacial score (nSPS) is 11.8. The van der Waals surface area contributed by atoms with Crippen LogP contribution in [0, 0.1) is 13.8 Å².